The van der Waals surface area contributed by atoms with E-state index in [1.165, 1.54) is 30.0 Å². The first kappa shape index (κ1) is 24.9. The van der Waals surface area contributed by atoms with Crippen molar-refractivity contribution >= 4 is 38.1 Å². The third-order valence-corrected chi connectivity index (χ3v) is 6.92. The molecule has 4 rings (SSSR count). The van der Waals surface area contributed by atoms with Gasteiger partial charge in [-0.2, -0.15) is 5.10 Å². The number of nitrogens with one attached hydrogen (secondary N) is 2. The first-order chi connectivity index (χ1) is 17.3. The molecule has 0 radical (unpaired) electrons. The summed E-state index contributed by atoms with van der Waals surface area (Å²) in [5.74, 6) is -0.176. The van der Waals surface area contributed by atoms with E-state index < -0.39 is 15.9 Å². The van der Waals surface area contributed by atoms with Crippen molar-refractivity contribution in [1.82, 2.24) is 9.78 Å². The Hall–Kier alpha value is -4.18. The summed E-state index contributed by atoms with van der Waals surface area (Å²) in [7, 11) is -2.52. The monoisotopic (exact) mass is 506 g/mol. The second-order valence-corrected chi connectivity index (χ2v) is 9.75. The predicted molar refractivity (Wildman–Crippen MR) is 139 cm³/mol. The van der Waals surface area contributed by atoms with Gasteiger partial charge in [-0.3, -0.25) is 14.3 Å². The number of rotatable bonds is 9. The van der Waals surface area contributed by atoms with Crippen LogP contribution < -0.4 is 20.3 Å². The number of aryl methyl sites for hydroxylation is 1. The summed E-state index contributed by atoms with van der Waals surface area (Å²) in [5, 5.41) is 7.87. The van der Waals surface area contributed by atoms with Gasteiger partial charge in [-0.15, -0.1) is 0 Å². The van der Waals surface area contributed by atoms with Crippen molar-refractivity contribution < 1.29 is 17.9 Å². The molecular formula is C26H26N4O5S. The van der Waals surface area contributed by atoms with Gasteiger partial charge < -0.3 is 10.1 Å². The molecule has 3 aromatic carbocycles. The van der Waals surface area contributed by atoms with Crippen LogP contribution in [0.25, 0.3) is 10.8 Å². The minimum Gasteiger partial charge on any atom is -0.495 e. The fourth-order valence-corrected chi connectivity index (χ4v) is 4.84. The summed E-state index contributed by atoms with van der Waals surface area (Å²) >= 11 is 0. The maximum atomic E-state index is 13.2. The summed E-state index contributed by atoms with van der Waals surface area (Å²) in [6.45, 7) is 2.40. The number of unbranched alkanes of at least 4 members (excludes halogenated alkanes) is 1. The van der Waals surface area contributed by atoms with E-state index in [2.05, 4.69) is 15.1 Å². The van der Waals surface area contributed by atoms with Crippen LogP contribution in [-0.4, -0.2) is 31.2 Å². The first-order valence-electron chi connectivity index (χ1n) is 11.4. The number of benzene rings is 3. The number of aromatic nitrogens is 2. The largest absolute Gasteiger partial charge is 0.495 e. The van der Waals surface area contributed by atoms with Crippen LogP contribution >= 0.6 is 0 Å². The van der Waals surface area contributed by atoms with Gasteiger partial charge in [0, 0.05) is 17.6 Å². The molecule has 1 heterocycles. The van der Waals surface area contributed by atoms with Gasteiger partial charge in [0.05, 0.1) is 23.1 Å². The number of para-hydroxylation sites is 2. The van der Waals surface area contributed by atoms with Crippen molar-refractivity contribution in [3.05, 3.63) is 88.8 Å². The summed E-state index contributed by atoms with van der Waals surface area (Å²) in [5.41, 5.74) is 0.382. The lowest BCUT2D eigenvalue weighted by Crippen LogP contribution is -2.27. The summed E-state index contributed by atoms with van der Waals surface area (Å²) in [6.07, 6.45) is 1.61. The molecule has 0 saturated heterocycles. The fourth-order valence-electron chi connectivity index (χ4n) is 3.73. The molecule has 0 bridgehead atoms. The molecule has 1 aromatic heterocycles. The maximum absolute atomic E-state index is 13.2. The average Bonchev–Trinajstić information content (AvgIpc) is 2.88. The normalized spacial score (nSPS) is 11.3. The molecule has 2 N–H and O–H groups in total. The predicted octanol–water partition coefficient (Wildman–Crippen LogP) is 4.26. The smallest absolute Gasteiger partial charge is 0.276 e. The lowest BCUT2D eigenvalue weighted by Gasteiger charge is -2.13. The number of fused-ring (bicyclic) bond motifs is 1. The van der Waals surface area contributed by atoms with Gasteiger partial charge in [0.15, 0.2) is 5.69 Å². The van der Waals surface area contributed by atoms with Crippen LogP contribution in [0.3, 0.4) is 0 Å². The Morgan fingerprint density at radius 1 is 1.00 bits per heavy atom. The van der Waals surface area contributed by atoms with E-state index in [0.717, 1.165) is 12.8 Å². The third kappa shape index (κ3) is 5.23. The highest BCUT2D eigenvalue weighted by Crippen LogP contribution is 2.27. The second-order valence-electron chi connectivity index (χ2n) is 8.06. The molecule has 186 valence electrons. The number of amides is 1. The molecule has 0 saturated carbocycles. The van der Waals surface area contributed by atoms with Crippen LogP contribution in [0.1, 0.15) is 30.3 Å². The summed E-state index contributed by atoms with van der Waals surface area (Å²) < 4.78 is 35.0. The van der Waals surface area contributed by atoms with Gasteiger partial charge in [-0.25, -0.2) is 13.1 Å². The Morgan fingerprint density at radius 2 is 1.72 bits per heavy atom. The van der Waals surface area contributed by atoms with Crippen molar-refractivity contribution in [3.8, 4) is 5.75 Å². The van der Waals surface area contributed by atoms with Gasteiger partial charge >= 0.3 is 0 Å². The van der Waals surface area contributed by atoms with Crippen molar-refractivity contribution in [2.75, 3.05) is 17.1 Å². The fraction of sp³-hybridized carbons (Fsp3) is 0.192. The number of hydrogen-bond acceptors (Lipinski definition) is 6. The third-order valence-electron chi connectivity index (χ3n) is 5.56. The molecule has 0 unspecified atom stereocenters. The second kappa shape index (κ2) is 10.6. The summed E-state index contributed by atoms with van der Waals surface area (Å²) in [6, 6.07) is 19.3. The van der Waals surface area contributed by atoms with E-state index >= 15 is 0 Å². The Bertz CT molecular complexity index is 1580. The minimum absolute atomic E-state index is 0.0445. The Balaban J connectivity index is 1.65. The zero-order chi connectivity index (χ0) is 25.7. The van der Waals surface area contributed by atoms with E-state index in [9.17, 15) is 18.0 Å². The number of nitrogens with zero attached hydrogens (tertiary/aromatic N) is 2. The van der Waals surface area contributed by atoms with Gasteiger partial charge in [-0.1, -0.05) is 49.7 Å². The van der Waals surface area contributed by atoms with Gasteiger partial charge in [0.25, 0.3) is 21.5 Å². The zero-order valence-electron chi connectivity index (χ0n) is 19.9. The molecule has 9 nitrogen and oxygen atoms in total. The number of ether oxygens (including phenoxy) is 1. The maximum Gasteiger partial charge on any atom is 0.276 e. The van der Waals surface area contributed by atoms with Crippen molar-refractivity contribution in [1.29, 1.82) is 0 Å². The molecule has 10 heteroatoms. The van der Waals surface area contributed by atoms with Gasteiger partial charge in [0.2, 0.25) is 0 Å². The van der Waals surface area contributed by atoms with E-state index in [0.29, 0.717) is 28.8 Å². The number of anilines is 2. The topological polar surface area (TPSA) is 119 Å². The number of methoxy groups -OCH3 is 1. The molecule has 0 spiro atoms. The van der Waals surface area contributed by atoms with E-state index in [1.807, 2.05) is 6.92 Å². The highest BCUT2D eigenvalue weighted by Gasteiger charge is 2.20. The van der Waals surface area contributed by atoms with Crippen LogP contribution in [0.4, 0.5) is 11.4 Å². The standard InChI is InChI=1S/C26H26N4O5S/c1-3-4-16-30-26(32)21-13-6-5-12-20(21)24(28-30)25(31)27-18-10-9-11-19(17-18)36(33,34)29-22-14-7-8-15-23(22)35-2/h5-15,17,29H,3-4,16H2,1-2H3,(H,27,31). The number of carbonyl (C=O) groups excluding carboxylic acids is 1. The lowest BCUT2D eigenvalue weighted by atomic mass is 10.1. The first-order valence-corrected chi connectivity index (χ1v) is 12.9. The molecule has 1 amide bonds. The SMILES string of the molecule is CCCCn1nc(C(=O)Nc2cccc(S(=O)(=O)Nc3ccccc3OC)c2)c2ccccc2c1=O. The van der Waals surface area contributed by atoms with Crippen LogP contribution in [0.15, 0.2) is 82.5 Å². The van der Waals surface area contributed by atoms with E-state index in [-0.39, 0.29) is 21.8 Å². The molecule has 0 atom stereocenters. The number of carbonyl (C=O) groups is 1. The zero-order valence-corrected chi connectivity index (χ0v) is 20.7. The number of sulfonamides is 1. The Kier molecular flexibility index (Phi) is 7.35. The van der Waals surface area contributed by atoms with Crippen LogP contribution in [0.2, 0.25) is 0 Å². The lowest BCUT2D eigenvalue weighted by molar-refractivity contribution is 0.102. The van der Waals surface area contributed by atoms with Crippen molar-refractivity contribution in [2.45, 2.75) is 31.2 Å². The average molecular weight is 507 g/mol. The Labute approximate surface area is 208 Å². The van der Waals surface area contributed by atoms with Crippen LogP contribution in [0.5, 0.6) is 5.75 Å². The van der Waals surface area contributed by atoms with Gasteiger partial charge in [-0.05, 0) is 42.8 Å². The molecule has 4 aromatic rings. The Morgan fingerprint density at radius 3 is 2.47 bits per heavy atom. The van der Waals surface area contributed by atoms with Crippen molar-refractivity contribution in [2.24, 2.45) is 0 Å². The molecular weight excluding hydrogens is 480 g/mol. The minimum atomic E-state index is -3.97. The summed E-state index contributed by atoms with van der Waals surface area (Å²) in [4.78, 5) is 26.0. The molecule has 0 aliphatic heterocycles. The number of hydrogen-bond donors (Lipinski definition) is 2. The van der Waals surface area contributed by atoms with Crippen LogP contribution in [0, 0.1) is 0 Å². The quantitative estimate of drug-likeness (QED) is 0.350. The molecule has 0 aliphatic rings. The van der Waals surface area contributed by atoms with Crippen LogP contribution in [-0.2, 0) is 16.6 Å². The van der Waals surface area contributed by atoms with E-state index in [1.54, 1.807) is 54.6 Å². The molecule has 0 aliphatic carbocycles. The molecule has 0 fully saturated rings. The molecule has 36 heavy (non-hydrogen) atoms. The van der Waals surface area contributed by atoms with Crippen molar-refractivity contribution in [3.63, 3.8) is 0 Å². The highest BCUT2D eigenvalue weighted by molar-refractivity contribution is 7.92. The highest BCUT2D eigenvalue weighted by atomic mass is 32.2. The van der Waals surface area contributed by atoms with Gasteiger partial charge in [0.1, 0.15) is 5.75 Å². The van der Waals surface area contributed by atoms with E-state index in [4.69, 9.17) is 4.74 Å².